The van der Waals surface area contributed by atoms with Crippen LogP contribution in [0.1, 0.15) is 21.7 Å². The van der Waals surface area contributed by atoms with Crippen molar-refractivity contribution in [1.82, 2.24) is 9.36 Å². The Hall–Kier alpha value is -3.72. The van der Waals surface area contributed by atoms with Gasteiger partial charge in [-0.25, -0.2) is 0 Å². The number of anilines is 1. The van der Waals surface area contributed by atoms with Crippen molar-refractivity contribution in [2.75, 3.05) is 19.5 Å². The molecule has 0 aliphatic heterocycles. The van der Waals surface area contributed by atoms with E-state index in [1.807, 2.05) is 13.8 Å². The van der Waals surface area contributed by atoms with E-state index in [-0.39, 0.29) is 16.3 Å². The van der Waals surface area contributed by atoms with Crippen LogP contribution in [0.3, 0.4) is 0 Å². The Balaban J connectivity index is 1.60. The standard InChI is InChI=1S/C22H19N3O5S/c1-11-7-14-15(26)10-19(30-17(14)8-12(11)2)21(27)24-22-23-20(25-31-22)13-5-6-16(28-3)18(9-13)29-4/h5-10H,1-4H3,(H,23,24,25,27). The molecule has 158 valence electrons. The van der Waals surface area contributed by atoms with E-state index < -0.39 is 5.91 Å². The second kappa shape index (κ2) is 8.19. The molecule has 1 N–H and O–H groups in total. The number of ether oxygens (including phenoxy) is 2. The molecule has 4 aromatic rings. The van der Waals surface area contributed by atoms with Gasteiger partial charge in [0, 0.05) is 23.2 Å². The first-order valence-corrected chi connectivity index (χ1v) is 10.1. The molecule has 0 saturated carbocycles. The number of nitrogens with one attached hydrogen (secondary N) is 1. The summed E-state index contributed by atoms with van der Waals surface area (Å²) in [4.78, 5) is 29.4. The fourth-order valence-electron chi connectivity index (χ4n) is 3.05. The van der Waals surface area contributed by atoms with Crippen molar-refractivity contribution in [2.24, 2.45) is 0 Å². The maximum absolute atomic E-state index is 12.7. The molecule has 0 atom stereocenters. The maximum atomic E-state index is 12.7. The Bertz CT molecular complexity index is 1360. The number of hydrogen-bond donors (Lipinski definition) is 1. The lowest BCUT2D eigenvalue weighted by Gasteiger charge is -2.07. The third-order valence-electron chi connectivity index (χ3n) is 4.86. The predicted molar refractivity (Wildman–Crippen MR) is 118 cm³/mol. The van der Waals surface area contributed by atoms with Gasteiger partial charge in [-0.15, -0.1) is 0 Å². The molecule has 1 amide bonds. The van der Waals surface area contributed by atoms with Crippen molar-refractivity contribution in [1.29, 1.82) is 0 Å². The smallest absolute Gasteiger partial charge is 0.293 e. The molecule has 2 aromatic carbocycles. The van der Waals surface area contributed by atoms with Crippen molar-refractivity contribution >= 4 is 33.5 Å². The lowest BCUT2D eigenvalue weighted by atomic mass is 10.1. The number of carbonyl (C=O) groups is 1. The number of aromatic nitrogens is 2. The summed E-state index contributed by atoms with van der Waals surface area (Å²) in [5.41, 5.74) is 2.74. The zero-order valence-electron chi connectivity index (χ0n) is 17.3. The van der Waals surface area contributed by atoms with Gasteiger partial charge in [-0.3, -0.25) is 14.9 Å². The minimum atomic E-state index is -0.577. The average Bonchev–Trinajstić information content (AvgIpc) is 3.22. The lowest BCUT2D eigenvalue weighted by molar-refractivity contribution is 0.0997. The van der Waals surface area contributed by atoms with E-state index in [0.717, 1.165) is 22.7 Å². The van der Waals surface area contributed by atoms with Crippen LogP contribution >= 0.6 is 11.5 Å². The molecule has 0 spiro atoms. The molecule has 0 saturated heterocycles. The Morgan fingerprint density at radius 2 is 1.77 bits per heavy atom. The van der Waals surface area contributed by atoms with Crippen LogP contribution in [-0.4, -0.2) is 29.5 Å². The van der Waals surface area contributed by atoms with Crippen molar-refractivity contribution in [3.05, 3.63) is 63.5 Å². The fourth-order valence-corrected chi connectivity index (χ4v) is 3.63. The van der Waals surface area contributed by atoms with E-state index in [0.29, 0.717) is 33.9 Å². The molecule has 9 heteroatoms. The molecule has 31 heavy (non-hydrogen) atoms. The molecule has 0 radical (unpaired) electrons. The van der Waals surface area contributed by atoms with Gasteiger partial charge in [0.05, 0.1) is 19.6 Å². The SMILES string of the molecule is COc1ccc(-c2nsc(NC(=O)c3cc(=O)c4cc(C)c(C)cc4o3)n2)cc1OC. The van der Waals surface area contributed by atoms with E-state index >= 15 is 0 Å². The van der Waals surface area contributed by atoms with Gasteiger partial charge in [0.25, 0.3) is 5.91 Å². The van der Waals surface area contributed by atoms with E-state index in [1.165, 1.54) is 6.07 Å². The summed E-state index contributed by atoms with van der Waals surface area (Å²) in [7, 11) is 3.10. The van der Waals surface area contributed by atoms with Gasteiger partial charge >= 0.3 is 0 Å². The molecule has 2 aromatic heterocycles. The van der Waals surface area contributed by atoms with Crippen molar-refractivity contribution in [3.8, 4) is 22.9 Å². The first-order valence-electron chi connectivity index (χ1n) is 9.32. The van der Waals surface area contributed by atoms with Gasteiger partial charge in [0.15, 0.2) is 28.5 Å². The van der Waals surface area contributed by atoms with Gasteiger partial charge in [-0.1, -0.05) is 0 Å². The van der Waals surface area contributed by atoms with Gasteiger partial charge < -0.3 is 13.9 Å². The molecule has 0 unspecified atom stereocenters. The largest absolute Gasteiger partial charge is 0.493 e. The molecule has 0 fully saturated rings. The van der Waals surface area contributed by atoms with Crippen LogP contribution in [0.15, 0.2) is 45.6 Å². The summed E-state index contributed by atoms with van der Waals surface area (Å²) in [6.45, 7) is 3.83. The number of hydrogen-bond acceptors (Lipinski definition) is 8. The Kier molecular flexibility index (Phi) is 5.43. The van der Waals surface area contributed by atoms with E-state index in [2.05, 4.69) is 14.7 Å². The molecule has 4 rings (SSSR count). The summed E-state index contributed by atoms with van der Waals surface area (Å²) in [5, 5.41) is 3.35. The van der Waals surface area contributed by atoms with E-state index in [1.54, 1.807) is 44.6 Å². The normalized spacial score (nSPS) is 10.8. The molecule has 0 aliphatic rings. The first kappa shape index (κ1) is 20.5. The average molecular weight is 437 g/mol. The van der Waals surface area contributed by atoms with Crippen LogP contribution in [0.5, 0.6) is 11.5 Å². The number of aryl methyl sites for hydroxylation is 2. The van der Waals surface area contributed by atoms with Crippen molar-refractivity contribution in [3.63, 3.8) is 0 Å². The molecular weight excluding hydrogens is 418 g/mol. The van der Waals surface area contributed by atoms with Crippen LogP contribution in [0, 0.1) is 13.8 Å². The van der Waals surface area contributed by atoms with Gasteiger partial charge in [-0.2, -0.15) is 9.36 Å². The highest BCUT2D eigenvalue weighted by Crippen LogP contribution is 2.32. The minimum absolute atomic E-state index is 0.0939. The van der Waals surface area contributed by atoms with Crippen molar-refractivity contribution < 1.29 is 18.7 Å². The van der Waals surface area contributed by atoms with Crippen LogP contribution in [0.2, 0.25) is 0 Å². The molecule has 2 heterocycles. The third kappa shape index (κ3) is 3.99. The zero-order chi connectivity index (χ0) is 22.1. The number of rotatable bonds is 5. The Morgan fingerprint density at radius 3 is 2.52 bits per heavy atom. The topological polar surface area (TPSA) is 104 Å². The van der Waals surface area contributed by atoms with Gasteiger partial charge in [-0.05, 0) is 55.3 Å². The third-order valence-corrected chi connectivity index (χ3v) is 5.49. The lowest BCUT2D eigenvalue weighted by Crippen LogP contribution is -2.15. The van der Waals surface area contributed by atoms with Crippen LogP contribution in [0.25, 0.3) is 22.4 Å². The number of carbonyl (C=O) groups excluding carboxylic acids is 1. The summed E-state index contributed by atoms with van der Waals surface area (Å²) in [5.74, 6) is 0.888. The molecular formula is C22H19N3O5S. The number of nitrogens with zero attached hydrogens (tertiary/aromatic N) is 2. The first-order chi connectivity index (χ1) is 14.9. The number of amides is 1. The van der Waals surface area contributed by atoms with Crippen LogP contribution in [0.4, 0.5) is 5.13 Å². The highest BCUT2D eigenvalue weighted by Gasteiger charge is 2.17. The molecule has 0 bridgehead atoms. The van der Waals surface area contributed by atoms with E-state index in [4.69, 9.17) is 13.9 Å². The monoisotopic (exact) mass is 437 g/mol. The number of benzene rings is 2. The second-order valence-corrected chi connectivity index (χ2v) is 7.61. The van der Waals surface area contributed by atoms with E-state index in [9.17, 15) is 9.59 Å². The molecule has 8 nitrogen and oxygen atoms in total. The summed E-state index contributed by atoms with van der Waals surface area (Å²) >= 11 is 1.02. The predicted octanol–water partition coefficient (Wildman–Crippen LogP) is 4.20. The second-order valence-electron chi connectivity index (χ2n) is 6.85. The number of fused-ring (bicyclic) bond motifs is 1. The maximum Gasteiger partial charge on any atom is 0.293 e. The number of methoxy groups -OCH3 is 2. The van der Waals surface area contributed by atoms with Crippen LogP contribution in [-0.2, 0) is 0 Å². The minimum Gasteiger partial charge on any atom is -0.493 e. The van der Waals surface area contributed by atoms with Crippen molar-refractivity contribution in [2.45, 2.75) is 13.8 Å². The Labute approximate surface area is 181 Å². The quantitative estimate of drug-likeness (QED) is 0.499. The summed E-state index contributed by atoms with van der Waals surface area (Å²) < 4.78 is 20.5. The fraction of sp³-hybridized carbons (Fsp3) is 0.182. The van der Waals surface area contributed by atoms with Crippen LogP contribution < -0.4 is 20.2 Å². The summed E-state index contributed by atoms with van der Waals surface area (Å²) in [6.07, 6.45) is 0. The Morgan fingerprint density at radius 1 is 1.03 bits per heavy atom. The summed E-state index contributed by atoms with van der Waals surface area (Å²) in [6, 6.07) is 9.99. The van der Waals surface area contributed by atoms with Gasteiger partial charge in [0.1, 0.15) is 5.58 Å². The molecule has 0 aliphatic carbocycles. The highest BCUT2D eigenvalue weighted by molar-refractivity contribution is 7.10. The van der Waals surface area contributed by atoms with Gasteiger partial charge in [0.2, 0.25) is 5.13 Å². The highest BCUT2D eigenvalue weighted by atomic mass is 32.1. The zero-order valence-corrected chi connectivity index (χ0v) is 18.1.